The number of nitrogens with zero attached hydrogens (tertiary/aromatic N) is 2. The minimum Gasteiger partial charge on any atom is -0.330 e. The Bertz CT molecular complexity index is 476. The third kappa shape index (κ3) is 3.89. The molecule has 1 aromatic heterocycles. The second-order valence-corrected chi connectivity index (χ2v) is 5.88. The number of amides is 1. The van der Waals surface area contributed by atoms with Gasteiger partial charge in [0, 0.05) is 5.92 Å². The van der Waals surface area contributed by atoms with E-state index in [1.807, 2.05) is 0 Å². The van der Waals surface area contributed by atoms with Gasteiger partial charge in [-0.25, -0.2) is 0 Å². The van der Waals surface area contributed by atoms with Crippen molar-refractivity contribution in [3.63, 3.8) is 0 Å². The molecule has 1 saturated carbocycles. The predicted octanol–water partition coefficient (Wildman–Crippen LogP) is 1.96. The molecule has 1 aromatic rings. The van der Waals surface area contributed by atoms with Gasteiger partial charge in [0.2, 0.25) is 11.0 Å². The van der Waals surface area contributed by atoms with Crippen molar-refractivity contribution in [1.29, 1.82) is 0 Å². The van der Waals surface area contributed by atoms with E-state index >= 15 is 0 Å². The maximum absolute atomic E-state index is 12.2. The minimum absolute atomic E-state index is 0.108. The summed E-state index contributed by atoms with van der Waals surface area (Å²) in [5, 5.41) is 9.49. The molecule has 1 fully saturated rings. The third-order valence-electron chi connectivity index (χ3n) is 3.35. The highest BCUT2D eigenvalue weighted by atomic mass is 32.1. The number of nitrogens with one attached hydrogen (secondary N) is 1. The standard InChI is InChI=1S/C11H15F3N4OS/c12-11(13,14)4-8-17-18-10(20-8)16-9(19)7-3-1-2-6(7)5-15/h6-7H,1-5,15H2,(H,16,18,19)/t6-,7-/m1/s1. The molecule has 1 aliphatic carbocycles. The minimum atomic E-state index is -4.32. The molecule has 0 saturated heterocycles. The average molecular weight is 308 g/mol. The van der Waals surface area contributed by atoms with Crippen molar-refractivity contribution in [3.05, 3.63) is 5.01 Å². The van der Waals surface area contributed by atoms with Gasteiger partial charge in [0.05, 0.1) is 6.42 Å². The first-order valence-corrected chi connectivity index (χ1v) is 7.11. The molecule has 1 aliphatic rings. The molecule has 1 heterocycles. The Morgan fingerprint density at radius 3 is 2.80 bits per heavy atom. The summed E-state index contributed by atoms with van der Waals surface area (Å²) in [6.45, 7) is 0.438. The monoisotopic (exact) mass is 308 g/mol. The van der Waals surface area contributed by atoms with E-state index in [-0.39, 0.29) is 27.9 Å². The fourth-order valence-electron chi connectivity index (χ4n) is 2.41. The third-order valence-corrected chi connectivity index (χ3v) is 4.19. The zero-order valence-electron chi connectivity index (χ0n) is 10.6. The molecule has 2 rings (SSSR count). The number of halogens is 3. The normalized spacial score (nSPS) is 23.0. The van der Waals surface area contributed by atoms with Gasteiger partial charge in [-0.1, -0.05) is 17.8 Å². The summed E-state index contributed by atoms with van der Waals surface area (Å²) in [5.74, 6) is -0.278. The molecule has 0 radical (unpaired) electrons. The molecule has 20 heavy (non-hydrogen) atoms. The van der Waals surface area contributed by atoms with Crippen molar-refractivity contribution in [2.75, 3.05) is 11.9 Å². The van der Waals surface area contributed by atoms with Crippen molar-refractivity contribution in [1.82, 2.24) is 10.2 Å². The summed E-state index contributed by atoms with van der Waals surface area (Å²) in [4.78, 5) is 12.0. The molecular formula is C11H15F3N4OS. The summed E-state index contributed by atoms with van der Waals surface area (Å²) < 4.78 is 36.6. The van der Waals surface area contributed by atoms with Gasteiger partial charge in [0.25, 0.3) is 0 Å². The molecule has 0 unspecified atom stereocenters. The van der Waals surface area contributed by atoms with Crippen LogP contribution in [0.2, 0.25) is 0 Å². The maximum Gasteiger partial charge on any atom is 0.395 e. The van der Waals surface area contributed by atoms with E-state index in [1.54, 1.807) is 0 Å². The van der Waals surface area contributed by atoms with E-state index in [4.69, 9.17) is 5.73 Å². The lowest BCUT2D eigenvalue weighted by Crippen LogP contribution is -2.29. The first kappa shape index (κ1) is 15.2. The van der Waals surface area contributed by atoms with Crippen LogP contribution in [0.4, 0.5) is 18.3 Å². The van der Waals surface area contributed by atoms with Gasteiger partial charge in [0.1, 0.15) is 5.01 Å². The van der Waals surface area contributed by atoms with Crippen LogP contribution in [0.15, 0.2) is 0 Å². The molecule has 0 aliphatic heterocycles. The van der Waals surface area contributed by atoms with Crippen LogP contribution < -0.4 is 11.1 Å². The zero-order chi connectivity index (χ0) is 14.8. The van der Waals surface area contributed by atoms with Crippen LogP contribution in [0.25, 0.3) is 0 Å². The highest BCUT2D eigenvalue weighted by Gasteiger charge is 2.33. The number of alkyl halides is 3. The largest absolute Gasteiger partial charge is 0.395 e. The van der Waals surface area contributed by atoms with Crippen LogP contribution in [0.1, 0.15) is 24.3 Å². The number of carbonyl (C=O) groups excluding carboxylic acids is 1. The Balaban J connectivity index is 1.95. The second-order valence-electron chi connectivity index (χ2n) is 4.82. The quantitative estimate of drug-likeness (QED) is 0.891. The highest BCUT2D eigenvalue weighted by Crippen LogP contribution is 2.32. The summed E-state index contributed by atoms with van der Waals surface area (Å²) in [5.41, 5.74) is 5.60. The van der Waals surface area contributed by atoms with Crippen molar-refractivity contribution >= 4 is 22.4 Å². The molecule has 1 amide bonds. The summed E-state index contributed by atoms with van der Waals surface area (Å²) in [7, 11) is 0. The zero-order valence-corrected chi connectivity index (χ0v) is 11.4. The lowest BCUT2D eigenvalue weighted by Gasteiger charge is -2.15. The van der Waals surface area contributed by atoms with Crippen LogP contribution in [0.5, 0.6) is 0 Å². The van der Waals surface area contributed by atoms with Crippen molar-refractivity contribution < 1.29 is 18.0 Å². The van der Waals surface area contributed by atoms with E-state index in [0.29, 0.717) is 6.54 Å². The fraction of sp³-hybridized carbons (Fsp3) is 0.727. The molecule has 112 valence electrons. The fourth-order valence-corrected chi connectivity index (χ4v) is 3.18. The molecule has 5 nitrogen and oxygen atoms in total. The molecule has 0 bridgehead atoms. The second kappa shape index (κ2) is 6.04. The van der Waals surface area contributed by atoms with Gasteiger partial charge in [0.15, 0.2) is 0 Å². The van der Waals surface area contributed by atoms with Crippen molar-refractivity contribution in [3.8, 4) is 0 Å². The van der Waals surface area contributed by atoms with E-state index in [1.165, 1.54) is 0 Å². The first-order chi connectivity index (χ1) is 9.39. The SMILES string of the molecule is NC[C@H]1CCC[C@H]1C(=O)Nc1nnc(CC(F)(F)F)s1. The van der Waals surface area contributed by atoms with Crippen LogP contribution in [-0.4, -0.2) is 28.8 Å². The van der Waals surface area contributed by atoms with Crippen LogP contribution in [-0.2, 0) is 11.2 Å². The van der Waals surface area contributed by atoms with Gasteiger partial charge < -0.3 is 11.1 Å². The number of aromatic nitrogens is 2. The van der Waals surface area contributed by atoms with Gasteiger partial charge in [-0.2, -0.15) is 13.2 Å². The number of carbonyl (C=O) groups is 1. The van der Waals surface area contributed by atoms with E-state index in [0.717, 1.165) is 30.6 Å². The highest BCUT2D eigenvalue weighted by molar-refractivity contribution is 7.15. The lowest BCUT2D eigenvalue weighted by molar-refractivity contribution is -0.127. The van der Waals surface area contributed by atoms with Gasteiger partial charge in [-0.05, 0) is 25.3 Å². The number of hydrogen-bond acceptors (Lipinski definition) is 5. The Kier molecular flexibility index (Phi) is 4.59. The molecule has 2 atom stereocenters. The topological polar surface area (TPSA) is 80.9 Å². The Labute approximate surface area is 117 Å². The smallest absolute Gasteiger partial charge is 0.330 e. The molecule has 9 heteroatoms. The van der Waals surface area contributed by atoms with Crippen LogP contribution >= 0.6 is 11.3 Å². The van der Waals surface area contributed by atoms with E-state index in [2.05, 4.69) is 15.5 Å². The molecule has 3 N–H and O–H groups in total. The van der Waals surface area contributed by atoms with E-state index in [9.17, 15) is 18.0 Å². The Hall–Kier alpha value is -1.22. The number of hydrogen-bond donors (Lipinski definition) is 2. The predicted molar refractivity (Wildman–Crippen MR) is 68.2 cm³/mol. The first-order valence-electron chi connectivity index (χ1n) is 6.29. The number of rotatable bonds is 4. The van der Waals surface area contributed by atoms with Gasteiger partial charge >= 0.3 is 6.18 Å². The number of nitrogens with two attached hydrogens (primary N) is 1. The molecule has 0 spiro atoms. The summed E-state index contributed by atoms with van der Waals surface area (Å²) >= 11 is 0.750. The van der Waals surface area contributed by atoms with Gasteiger partial charge in [-0.3, -0.25) is 4.79 Å². The Morgan fingerprint density at radius 1 is 1.40 bits per heavy atom. The summed E-state index contributed by atoms with van der Waals surface area (Å²) in [6.07, 6.45) is -2.85. The average Bonchev–Trinajstić information content (AvgIpc) is 2.95. The van der Waals surface area contributed by atoms with E-state index < -0.39 is 12.6 Å². The summed E-state index contributed by atoms with van der Waals surface area (Å²) in [6, 6.07) is 0. The maximum atomic E-state index is 12.2. The van der Waals surface area contributed by atoms with Crippen LogP contribution in [0, 0.1) is 11.8 Å². The van der Waals surface area contributed by atoms with Crippen molar-refractivity contribution in [2.45, 2.75) is 31.9 Å². The van der Waals surface area contributed by atoms with Gasteiger partial charge in [-0.15, -0.1) is 10.2 Å². The Morgan fingerprint density at radius 2 is 2.15 bits per heavy atom. The van der Waals surface area contributed by atoms with Crippen molar-refractivity contribution in [2.24, 2.45) is 17.6 Å². The molecule has 0 aromatic carbocycles. The molecular weight excluding hydrogens is 293 g/mol. The number of anilines is 1. The lowest BCUT2D eigenvalue weighted by atomic mass is 9.95. The van der Waals surface area contributed by atoms with Crippen LogP contribution in [0.3, 0.4) is 0 Å².